The maximum atomic E-state index is 12.9. The molecule has 28 heteroatoms. The summed E-state index contributed by atoms with van der Waals surface area (Å²) in [5.74, 6) is -0.914. The third-order valence-corrected chi connectivity index (χ3v) is 18.9. The van der Waals surface area contributed by atoms with E-state index in [1.807, 2.05) is 73.1 Å². The minimum absolute atomic E-state index is 0.0224. The molecule has 0 unspecified atom stereocenters. The van der Waals surface area contributed by atoms with Crippen LogP contribution in [-0.4, -0.2) is 46.6 Å². The number of hydrogen-bond donors (Lipinski definition) is 3. The minimum Gasteiger partial charge on any atom is -0.398 e. The molecule has 0 aliphatic carbocycles. The number of H-pyrrole nitrogens is 1. The molecule has 0 amide bonds. The molecule has 0 fully saturated rings. The van der Waals surface area contributed by atoms with Crippen LogP contribution in [0.2, 0.25) is 20.1 Å². The Kier molecular flexibility index (Phi) is 29.4. The van der Waals surface area contributed by atoms with Crippen molar-refractivity contribution < 1.29 is 31.1 Å². The third-order valence-electron chi connectivity index (χ3n) is 11.7. The lowest BCUT2D eigenvalue weighted by Gasteiger charge is -2.19. The molecule has 4 heterocycles. The number of hydrogen-bond acceptors (Lipinski definition) is 16. The molecule has 6 aromatic carbocycles. The van der Waals surface area contributed by atoms with Crippen molar-refractivity contribution in [2.45, 2.75) is 91.5 Å². The van der Waals surface area contributed by atoms with E-state index in [9.17, 15) is 41.5 Å². The van der Waals surface area contributed by atoms with Gasteiger partial charge in [0, 0.05) is 127 Å². The Balaban J connectivity index is 0.000000210. The number of sulfonamides is 1. The second-order valence-corrected chi connectivity index (χ2v) is 30.5. The molecule has 0 saturated carbocycles. The Morgan fingerprint density at radius 3 is 1.28 bits per heavy atom. The highest BCUT2D eigenvalue weighted by molar-refractivity contribution is 8.13. The molecule has 0 aliphatic rings. The summed E-state index contributed by atoms with van der Waals surface area (Å²) >= 11 is 32.3. The number of anilines is 2. The first-order valence-corrected chi connectivity index (χ1v) is 34.9. The van der Waals surface area contributed by atoms with E-state index in [4.69, 9.17) is 75.0 Å². The maximum absolute atomic E-state index is 12.9. The van der Waals surface area contributed by atoms with Gasteiger partial charge >= 0.3 is 5.69 Å². The topological polar surface area (TPSA) is 247 Å². The molecule has 10 rings (SSSR count). The molecule has 10 aromatic rings. The zero-order valence-corrected chi connectivity index (χ0v) is 58.3. The monoisotopic (exact) mass is 1450 g/mol. The van der Waals surface area contributed by atoms with Crippen molar-refractivity contribution in [2.24, 2.45) is 0 Å². The van der Waals surface area contributed by atoms with Gasteiger partial charge in [0.2, 0.25) is 5.82 Å². The molecule has 4 N–H and O–H groups in total. The summed E-state index contributed by atoms with van der Waals surface area (Å²) in [6, 6.07) is 46.7. The minimum atomic E-state index is -3.72. The number of nitrogens with zero attached hydrogens (tertiary/aromatic N) is 5. The molecule has 16 nitrogen and oxygen atoms in total. The molecule has 480 valence electrons. The van der Waals surface area contributed by atoms with Crippen molar-refractivity contribution in [1.82, 2.24) is 19.9 Å². The van der Waals surface area contributed by atoms with Crippen molar-refractivity contribution in [3.63, 3.8) is 0 Å². The standard InChI is InChI=1S/C21H21ClN2O2S2.C11H7ClN2O2S.C11H9ClN2S.C10H13ClO2S.C6H3ClFNO2.C5H5NS/c1-21(2,3)15-4-7-18(8-5-15)28(25,26)24-19-9-6-16(22)14-20(19)27-17-10-12-23-13-11-17;12-8-1-2-10(14(15)16)11(7-8)17-9-3-5-13-6-4-9;12-8-1-2-10(13)11(7-8)15-9-3-5-14-6-4-9;1-10(2,3)8-4-6-9(7-5-8)14(11,12)13;7-4-1-2-6(9(10)11)5(8)3-4;7-5-1-3-6-4-2-5/h4-14,24H,1-3H3;1-7H;1-7H,13H2;4-7H,1-3H3;1-3H;1-4H,(H,6,7). The summed E-state index contributed by atoms with van der Waals surface area (Å²) in [6.45, 7) is 12.5. The quantitative estimate of drug-likeness (QED) is 0.0338. The summed E-state index contributed by atoms with van der Waals surface area (Å²) in [5.41, 5.74) is 8.69. The predicted octanol–water partition coefficient (Wildman–Crippen LogP) is 20.3. The summed E-state index contributed by atoms with van der Waals surface area (Å²) in [7, 11) is -2.12. The van der Waals surface area contributed by atoms with Gasteiger partial charge < -0.3 is 10.7 Å². The van der Waals surface area contributed by atoms with Gasteiger partial charge in [0.05, 0.1) is 30.2 Å². The van der Waals surface area contributed by atoms with Crippen molar-refractivity contribution in [1.29, 1.82) is 0 Å². The third kappa shape index (κ3) is 26.1. The summed E-state index contributed by atoms with van der Waals surface area (Å²) in [5, 5.41) is 22.8. The number of nitrogen functional groups attached to an aromatic ring is 1. The first-order chi connectivity index (χ1) is 43.3. The van der Waals surface area contributed by atoms with Crippen molar-refractivity contribution in [3.05, 3.63) is 281 Å². The number of halogens is 6. The molecule has 0 bridgehead atoms. The number of nitrogens with two attached hydrogens (primary N) is 1. The lowest BCUT2D eigenvalue weighted by Crippen LogP contribution is -2.15. The van der Waals surface area contributed by atoms with Crippen LogP contribution in [0.15, 0.2) is 259 Å². The van der Waals surface area contributed by atoms with Crippen LogP contribution in [0.4, 0.5) is 27.1 Å². The van der Waals surface area contributed by atoms with Crippen LogP contribution in [0.3, 0.4) is 0 Å². The second-order valence-electron chi connectivity index (χ2n) is 20.7. The Hall–Kier alpha value is -7.13. The lowest BCUT2D eigenvalue weighted by molar-refractivity contribution is -0.387. The van der Waals surface area contributed by atoms with Crippen molar-refractivity contribution in [3.8, 4) is 0 Å². The van der Waals surface area contributed by atoms with Gasteiger partial charge in [-0.2, -0.15) is 4.39 Å². The van der Waals surface area contributed by atoms with Crippen LogP contribution >= 0.6 is 105 Å². The molecule has 92 heavy (non-hydrogen) atoms. The summed E-state index contributed by atoms with van der Waals surface area (Å²) in [6.07, 6.45) is 13.8. The molecule has 0 atom stereocenters. The first kappa shape index (κ1) is 75.6. The number of nitrogens with one attached hydrogen (secondary N) is 2. The Morgan fingerprint density at radius 2 is 0.880 bits per heavy atom. The fourth-order valence-electron chi connectivity index (χ4n) is 7.04. The highest BCUT2D eigenvalue weighted by Gasteiger charge is 2.21. The van der Waals surface area contributed by atoms with Crippen LogP contribution in [0.5, 0.6) is 0 Å². The van der Waals surface area contributed by atoms with Crippen LogP contribution in [-0.2, 0) is 29.9 Å². The Labute approximate surface area is 575 Å². The molecule has 0 spiro atoms. The number of aromatic nitrogens is 4. The SMILES string of the molecule is CC(C)(C)c1ccc(S(=O)(=O)Cl)cc1.CC(C)(C)c1ccc(S(=O)(=O)Nc2ccc(Cl)cc2Sc2ccncc2)cc1.Nc1ccc(Cl)cc1Sc1ccncc1.O=[N+]([O-])c1ccc(Cl)cc1F.O=[N+]([O-])c1ccc(Cl)cc1Sc1ccncc1.S=c1cc[nH]cc1. The van der Waals surface area contributed by atoms with Gasteiger partial charge in [-0.25, -0.2) is 16.8 Å². The highest BCUT2D eigenvalue weighted by Crippen LogP contribution is 2.39. The van der Waals surface area contributed by atoms with Gasteiger partial charge in [-0.3, -0.25) is 39.9 Å². The average Bonchev–Trinajstić information content (AvgIpc) is 0.881. The average molecular weight is 1460 g/mol. The fourth-order valence-corrected chi connectivity index (χ4v) is 12.7. The molecular weight excluding hydrogens is 1400 g/mol. The molecule has 0 radical (unpaired) electrons. The number of nitro benzene ring substituents is 2. The zero-order valence-electron chi connectivity index (χ0n) is 49.6. The van der Waals surface area contributed by atoms with E-state index in [-0.39, 0.29) is 31.3 Å². The predicted molar refractivity (Wildman–Crippen MR) is 374 cm³/mol. The van der Waals surface area contributed by atoms with E-state index in [1.54, 1.807) is 116 Å². The number of aromatic amines is 1. The van der Waals surface area contributed by atoms with Gasteiger partial charge in [0.1, 0.15) is 0 Å². The van der Waals surface area contributed by atoms with Gasteiger partial charge in [-0.05, 0) is 155 Å². The molecular formula is C64H58Cl5FN8O8S6. The molecule has 4 aromatic heterocycles. The van der Waals surface area contributed by atoms with E-state index in [0.29, 0.717) is 30.5 Å². The smallest absolute Gasteiger partial charge is 0.304 e. The van der Waals surface area contributed by atoms with Crippen LogP contribution in [0.1, 0.15) is 52.7 Å². The van der Waals surface area contributed by atoms with Crippen LogP contribution in [0, 0.1) is 30.6 Å². The normalized spacial score (nSPS) is 11.0. The number of benzene rings is 6. The first-order valence-electron chi connectivity index (χ1n) is 26.7. The maximum Gasteiger partial charge on any atom is 0.304 e. The Morgan fingerprint density at radius 1 is 0.511 bits per heavy atom. The fraction of sp³-hybridized carbons (Fsp3) is 0.125. The largest absolute Gasteiger partial charge is 0.398 e. The zero-order chi connectivity index (χ0) is 67.8. The summed E-state index contributed by atoms with van der Waals surface area (Å²) in [4.78, 5) is 39.9. The van der Waals surface area contributed by atoms with E-state index in [2.05, 4.69) is 66.2 Å². The number of rotatable bonds is 12. The van der Waals surface area contributed by atoms with E-state index >= 15 is 0 Å². The van der Waals surface area contributed by atoms with Crippen LogP contribution < -0.4 is 10.5 Å². The van der Waals surface area contributed by atoms with E-state index in [1.165, 1.54) is 53.9 Å². The highest BCUT2D eigenvalue weighted by atomic mass is 35.7. The van der Waals surface area contributed by atoms with Crippen molar-refractivity contribution in [2.75, 3.05) is 10.5 Å². The Bertz CT molecular complexity index is 4340. The van der Waals surface area contributed by atoms with Crippen molar-refractivity contribution >= 4 is 146 Å². The van der Waals surface area contributed by atoms with E-state index < -0.39 is 40.4 Å². The van der Waals surface area contributed by atoms with Gasteiger partial charge in [0.25, 0.3) is 24.8 Å². The van der Waals surface area contributed by atoms with Gasteiger partial charge in [0.15, 0.2) is 0 Å². The summed E-state index contributed by atoms with van der Waals surface area (Å²) < 4.78 is 63.8. The van der Waals surface area contributed by atoms with E-state index in [0.717, 1.165) is 53.0 Å². The van der Waals surface area contributed by atoms with Gasteiger partial charge in [-0.15, -0.1) is 0 Å². The molecule has 0 saturated heterocycles. The number of pyridine rings is 4. The second kappa shape index (κ2) is 35.8. The lowest BCUT2D eigenvalue weighted by atomic mass is 9.87. The van der Waals surface area contributed by atoms with Gasteiger partial charge in [-0.1, -0.05) is 160 Å². The number of nitro groups is 2. The molecule has 0 aliphatic heterocycles. The van der Waals surface area contributed by atoms with Crippen LogP contribution in [0.25, 0.3) is 0 Å².